The summed E-state index contributed by atoms with van der Waals surface area (Å²) in [6, 6.07) is 7.15. The van der Waals surface area contributed by atoms with Gasteiger partial charge in [0.05, 0.1) is 24.7 Å². The highest BCUT2D eigenvalue weighted by Crippen LogP contribution is 2.33. The first-order valence-electron chi connectivity index (χ1n) is 14.9. The molecule has 1 aliphatic carbocycles. The lowest BCUT2D eigenvalue weighted by Gasteiger charge is -2.32. The number of hydrogen-bond donors (Lipinski definition) is 1. The van der Waals surface area contributed by atoms with Crippen molar-refractivity contribution >= 4 is 23.4 Å². The van der Waals surface area contributed by atoms with Crippen LogP contribution in [0.5, 0.6) is 5.75 Å². The molecule has 9 nitrogen and oxygen atoms in total. The molecule has 2 aliphatic heterocycles. The van der Waals surface area contributed by atoms with E-state index in [1.165, 1.54) is 0 Å². The number of ketones is 1. The Morgan fingerprint density at radius 3 is 2.44 bits per heavy atom. The largest absolute Gasteiger partial charge is 0.491 e. The van der Waals surface area contributed by atoms with E-state index in [1.807, 2.05) is 12.2 Å². The first-order valence-corrected chi connectivity index (χ1v) is 15.3. The third-order valence-corrected chi connectivity index (χ3v) is 7.82. The van der Waals surface area contributed by atoms with Gasteiger partial charge in [-0.05, 0) is 82.1 Å². The van der Waals surface area contributed by atoms with E-state index < -0.39 is 24.3 Å². The van der Waals surface area contributed by atoms with Gasteiger partial charge >= 0.3 is 5.97 Å². The molecule has 2 saturated heterocycles. The zero-order valence-electron chi connectivity index (χ0n) is 23.6. The van der Waals surface area contributed by atoms with E-state index in [1.54, 1.807) is 24.3 Å². The number of carboxylic acids is 1. The lowest BCUT2D eigenvalue weighted by molar-refractivity contribution is -0.226. The van der Waals surface area contributed by atoms with Crippen LogP contribution in [-0.4, -0.2) is 74.2 Å². The van der Waals surface area contributed by atoms with Crippen LogP contribution in [0.25, 0.3) is 0 Å². The Kier molecular flexibility index (Phi) is 13.4. The van der Waals surface area contributed by atoms with E-state index in [-0.39, 0.29) is 50.3 Å². The Morgan fingerprint density at radius 1 is 1.02 bits per heavy atom. The number of carbonyl (C=O) groups is 2. The molecule has 2 heterocycles. The number of Topliss-reactive ketones (excluding diaryl/α,β-unsaturated/α-hetero) is 1. The maximum atomic E-state index is 13.1. The Morgan fingerprint density at radius 2 is 1.76 bits per heavy atom. The summed E-state index contributed by atoms with van der Waals surface area (Å²) in [7, 11) is 0. The van der Waals surface area contributed by atoms with Crippen LogP contribution >= 0.6 is 11.6 Å². The Balaban J connectivity index is 1.40. The number of hydrogen-bond acceptors (Lipinski definition) is 8. The van der Waals surface area contributed by atoms with Crippen molar-refractivity contribution in [1.82, 2.24) is 0 Å². The molecule has 0 radical (unpaired) electrons. The van der Waals surface area contributed by atoms with Gasteiger partial charge in [-0.25, -0.2) is 0 Å². The summed E-state index contributed by atoms with van der Waals surface area (Å²) in [6.07, 6.45) is 9.70. The predicted octanol–water partition coefficient (Wildman–Crippen LogP) is 5.72. The molecule has 0 amide bonds. The summed E-state index contributed by atoms with van der Waals surface area (Å²) in [5.74, 6) is -0.414. The predicted molar refractivity (Wildman–Crippen MR) is 152 cm³/mol. The summed E-state index contributed by atoms with van der Waals surface area (Å²) >= 11 is 6.01. The van der Waals surface area contributed by atoms with Crippen LogP contribution in [0.15, 0.2) is 36.4 Å². The Bertz CT molecular complexity index is 957. The van der Waals surface area contributed by atoms with Gasteiger partial charge in [0.15, 0.2) is 12.6 Å². The number of carbonyl (C=O) groups excluding carboxylic acids is 1. The topological polar surface area (TPSA) is 110 Å². The normalized spacial score (nSPS) is 27.7. The van der Waals surface area contributed by atoms with Gasteiger partial charge in [-0.3, -0.25) is 9.59 Å². The summed E-state index contributed by atoms with van der Waals surface area (Å²) in [6.45, 7) is 1.76. The number of aliphatic carboxylic acids is 1. The minimum atomic E-state index is -0.807. The van der Waals surface area contributed by atoms with E-state index in [0.717, 1.165) is 38.5 Å². The van der Waals surface area contributed by atoms with Crippen molar-refractivity contribution in [2.24, 2.45) is 5.92 Å². The molecule has 0 bridgehead atoms. The minimum Gasteiger partial charge on any atom is -0.491 e. The number of rotatable bonds is 16. The summed E-state index contributed by atoms with van der Waals surface area (Å²) in [5, 5.41) is 9.48. The average Bonchev–Trinajstić information content (AvgIpc) is 3.27. The molecule has 10 heteroatoms. The zero-order valence-corrected chi connectivity index (χ0v) is 24.4. The third-order valence-electron chi connectivity index (χ3n) is 7.57. The quantitative estimate of drug-likeness (QED) is 0.190. The molecule has 1 aromatic carbocycles. The first-order chi connectivity index (χ1) is 20.0. The van der Waals surface area contributed by atoms with Crippen LogP contribution in [0, 0.1) is 5.92 Å². The molecule has 3 fully saturated rings. The molecular weight excluding hydrogens is 552 g/mol. The van der Waals surface area contributed by atoms with Gasteiger partial charge in [0.25, 0.3) is 0 Å². The van der Waals surface area contributed by atoms with Crippen molar-refractivity contribution in [2.45, 2.75) is 102 Å². The number of halogens is 1. The van der Waals surface area contributed by atoms with E-state index in [4.69, 9.17) is 45.1 Å². The molecule has 4 rings (SSSR count). The highest BCUT2D eigenvalue weighted by molar-refractivity contribution is 6.30. The third kappa shape index (κ3) is 11.0. The average molecular weight is 595 g/mol. The van der Waals surface area contributed by atoms with Gasteiger partial charge in [-0.15, -0.1) is 0 Å². The van der Waals surface area contributed by atoms with Crippen molar-refractivity contribution in [3.63, 3.8) is 0 Å². The second-order valence-corrected chi connectivity index (χ2v) is 11.3. The zero-order chi connectivity index (χ0) is 28.9. The molecule has 0 aromatic heterocycles. The molecule has 0 spiro atoms. The summed E-state index contributed by atoms with van der Waals surface area (Å²) in [5.41, 5.74) is 0. The molecule has 6 atom stereocenters. The maximum absolute atomic E-state index is 13.1. The van der Waals surface area contributed by atoms with Gasteiger partial charge in [0, 0.05) is 31.1 Å². The molecule has 228 valence electrons. The fourth-order valence-corrected chi connectivity index (χ4v) is 5.49. The summed E-state index contributed by atoms with van der Waals surface area (Å²) < 4.78 is 36.7. The molecule has 1 saturated carbocycles. The van der Waals surface area contributed by atoms with Gasteiger partial charge in [0.1, 0.15) is 24.2 Å². The minimum absolute atomic E-state index is 0.0940. The van der Waals surface area contributed by atoms with Gasteiger partial charge in [-0.1, -0.05) is 23.8 Å². The van der Waals surface area contributed by atoms with Crippen molar-refractivity contribution in [3.05, 3.63) is 41.4 Å². The smallest absolute Gasteiger partial charge is 0.303 e. The molecule has 1 N–H and O–H groups in total. The molecule has 1 aromatic rings. The Hall–Kier alpha value is -2.01. The number of unbranched alkanes of at least 4 members (excludes halogenated alkanes) is 1. The number of carboxylic acid groups (broad SMARTS) is 1. The van der Waals surface area contributed by atoms with E-state index in [0.29, 0.717) is 43.2 Å². The molecule has 6 unspecified atom stereocenters. The van der Waals surface area contributed by atoms with Crippen molar-refractivity contribution < 1.29 is 43.1 Å². The highest BCUT2D eigenvalue weighted by Gasteiger charge is 2.45. The van der Waals surface area contributed by atoms with E-state index >= 15 is 0 Å². The molecule has 41 heavy (non-hydrogen) atoms. The highest BCUT2D eigenvalue weighted by atomic mass is 35.5. The van der Waals surface area contributed by atoms with Crippen LogP contribution in [0.4, 0.5) is 0 Å². The number of benzene rings is 1. The molecular formula is C31H43ClO9. The lowest BCUT2D eigenvalue weighted by Crippen LogP contribution is -2.40. The number of ether oxygens (including phenoxy) is 6. The van der Waals surface area contributed by atoms with Crippen LogP contribution < -0.4 is 4.74 Å². The van der Waals surface area contributed by atoms with Gasteiger partial charge in [-0.2, -0.15) is 0 Å². The van der Waals surface area contributed by atoms with Crippen molar-refractivity contribution in [2.75, 3.05) is 26.4 Å². The lowest BCUT2D eigenvalue weighted by atomic mass is 9.99. The van der Waals surface area contributed by atoms with Crippen LogP contribution in [0.3, 0.4) is 0 Å². The maximum Gasteiger partial charge on any atom is 0.303 e. The van der Waals surface area contributed by atoms with Crippen LogP contribution in [0.2, 0.25) is 5.02 Å². The Labute approximate surface area is 247 Å². The van der Waals surface area contributed by atoms with Crippen molar-refractivity contribution in [3.8, 4) is 5.75 Å². The molecule has 3 aliphatic rings. The van der Waals surface area contributed by atoms with Gasteiger partial charge < -0.3 is 33.5 Å². The second kappa shape index (κ2) is 17.2. The van der Waals surface area contributed by atoms with E-state index in [9.17, 15) is 9.59 Å². The van der Waals surface area contributed by atoms with Crippen LogP contribution in [-0.2, 0) is 33.3 Å². The fourth-order valence-electron chi connectivity index (χ4n) is 5.37. The van der Waals surface area contributed by atoms with Crippen molar-refractivity contribution in [1.29, 1.82) is 0 Å². The fraction of sp³-hybridized carbons (Fsp3) is 0.677. The SMILES string of the molecule is O=C(O)CCC/C=C/CC1C(=O)CC(OC2CCCCO2)C1OCC(COc1ccc(Cl)cc1)OC1CCCCO1. The van der Waals surface area contributed by atoms with Gasteiger partial charge in [0.2, 0.25) is 0 Å². The summed E-state index contributed by atoms with van der Waals surface area (Å²) in [4.78, 5) is 23.9. The van der Waals surface area contributed by atoms with E-state index in [2.05, 4.69) is 0 Å². The standard InChI is InChI=1S/C31H43ClO9/c32-22-13-15-23(16-14-22)38-20-24(40-29-11-5-7-17-36-29)21-39-31-25(9-3-1-2-4-10-28(34)35)26(33)19-27(31)41-30-12-6-8-18-37-30/h1,3,13-16,24-25,27,29-31H,2,4-12,17-21H2,(H,34,35)/b3-1+. The monoisotopic (exact) mass is 594 g/mol. The van der Waals surface area contributed by atoms with Crippen LogP contribution in [0.1, 0.15) is 70.6 Å². The second-order valence-electron chi connectivity index (χ2n) is 10.9. The first kappa shape index (κ1) is 31.9. The number of allylic oxidation sites excluding steroid dienone is 2.